The number of rotatable bonds is 1. The van der Waals surface area contributed by atoms with Gasteiger partial charge in [0.25, 0.3) is 0 Å². The van der Waals surface area contributed by atoms with E-state index in [1.807, 2.05) is 12.3 Å². The maximum atomic E-state index is 4.59. The van der Waals surface area contributed by atoms with Crippen LogP contribution in [0, 0.1) is 6.92 Å². The smallest absolute Gasteiger partial charge is 0.156 e. The van der Waals surface area contributed by atoms with Crippen molar-refractivity contribution in [3.63, 3.8) is 0 Å². The van der Waals surface area contributed by atoms with Gasteiger partial charge in [-0.25, -0.2) is 4.98 Å². The third-order valence-electron chi connectivity index (χ3n) is 3.92. The first-order valence-corrected chi connectivity index (χ1v) is 6.69. The summed E-state index contributed by atoms with van der Waals surface area (Å²) in [5.74, 6) is 1.05. The van der Waals surface area contributed by atoms with E-state index in [1.165, 1.54) is 16.9 Å². The van der Waals surface area contributed by atoms with Gasteiger partial charge in [0.05, 0.1) is 5.69 Å². The van der Waals surface area contributed by atoms with Gasteiger partial charge in [-0.3, -0.25) is 0 Å². The van der Waals surface area contributed by atoms with Gasteiger partial charge in [0.2, 0.25) is 0 Å². The van der Waals surface area contributed by atoms with Crippen molar-refractivity contribution in [2.45, 2.75) is 19.9 Å². The lowest BCUT2D eigenvalue weighted by Crippen LogP contribution is -2.44. The second-order valence-corrected chi connectivity index (χ2v) is 5.20. The molecule has 0 amide bonds. The van der Waals surface area contributed by atoms with Crippen molar-refractivity contribution in [3.05, 3.63) is 48.2 Å². The molecule has 1 atom stereocenters. The van der Waals surface area contributed by atoms with Crippen LogP contribution in [-0.2, 0) is 0 Å². The summed E-state index contributed by atoms with van der Waals surface area (Å²) >= 11 is 0. The Morgan fingerprint density at radius 2 is 1.84 bits per heavy atom. The molecule has 0 saturated heterocycles. The van der Waals surface area contributed by atoms with Crippen molar-refractivity contribution in [1.82, 2.24) is 4.98 Å². The Morgan fingerprint density at radius 1 is 1.11 bits per heavy atom. The molecule has 3 rings (SSSR count). The molecule has 3 heteroatoms. The highest BCUT2D eigenvalue weighted by Gasteiger charge is 2.27. The first-order valence-electron chi connectivity index (χ1n) is 6.69. The monoisotopic (exact) mass is 253 g/mol. The summed E-state index contributed by atoms with van der Waals surface area (Å²) in [6, 6.07) is 13.1. The highest BCUT2D eigenvalue weighted by Crippen LogP contribution is 2.37. The number of nitrogens with zero attached hydrogens (tertiary/aromatic N) is 3. The molecule has 0 saturated carbocycles. The van der Waals surface area contributed by atoms with Gasteiger partial charge in [-0.15, -0.1) is 0 Å². The predicted octanol–water partition coefficient (Wildman–Crippen LogP) is 3.37. The minimum atomic E-state index is 0.469. The Balaban J connectivity index is 2.13. The molecule has 0 bridgehead atoms. The van der Waals surface area contributed by atoms with Crippen LogP contribution in [0.15, 0.2) is 42.6 Å². The van der Waals surface area contributed by atoms with Crippen LogP contribution in [0.3, 0.4) is 0 Å². The molecule has 1 aromatic carbocycles. The highest BCUT2D eigenvalue weighted by molar-refractivity contribution is 5.77. The summed E-state index contributed by atoms with van der Waals surface area (Å²) in [5.41, 5.74) is 3.74. The molecule has 1 aliphatic heterocycles. The molecule has 2 aromatic rings. The van der Waals surface area contributed by atoms with E-state index in [9.17, 15) is 0 Å². The number of hydrogen-bond donors (Lipinski definition) is 0. The molecule has 1 aromatic heterocycles. The van der Waals surface area contributed by atoms with Crippen molar-refractivity contribution in [2.24, 2.45) is 0 Å². The van der Waals surface area contributed by atoms with Crippen LogP contribution < -0.4 is 9.80 Å². The fourth-order valence-electron chi connectivity index (χ4n) is 2.66. The summed E-state index contributed by atoms with van der Waals surface area (Å²) in [4.78, 5) is 9.22. The van der Waals surface area contributed by atoms with Crippen LogP contribution in [-0.4, -0.2) is 24.6 Å². The number of hydrogen-bond acceptors (Lipinski definition) is 3. The molecule has 3 nitrogen and oxygen atoms in total. The normalized spacial score (nSPS) is 18.4. The van der Waals surface area contributed by atoms with E-state index in [1.54, 1.807) is 0 Å². The first-order chi connectivity index (χ1) is 9.18. The molecule has 1 aliphatic rings. The van der Waals surface area contributed by atoms with E-state index in [2.05, 4.69) is 66.0 Å². The van der Waals surface area contributed by atoms with E-state index >= 15 is 0 Å². The molecule has 0 unspecified atom stereocenters. The summed E-state index contributed by atoms with van der Waals surface area (Å²) in [6.45, 7) is 5.37. The molecule has 0 N–H and O–H groups in total. The lowest BCUT2D eigenvalue weighted by atomic mass is 10.1. The Morgan fingerprint density at radius 3 is 2.63 bits per heavy atom. The molecule has 0 radical (unpaired) electrons. The molecular formula is C16H19N3. The molecule has 98 valence electrons. The zero-order chi connectivity index (χ0) is 13.4. The Kier molecular flexibility index (Phi) is 2.90. The third kappa shape index (κ3) is 1.95. The number of pyridine rings is 1. The van der Waals surface area contributed by atoms with Crippen LogP contribution >= 0.6 is 0 Å². The summed E-state index contributed by atoms with van der Waals surface area (Å²) in [5, 5.41) is 0. The molecule has 2 heterocycles. The zero-order valence-corrected chi connectivity index (χ0v) is 11.7. The van der Waals surface area contributed by atoms with Crippen LogP contribution in [0.2, 0.25) is 0 Å². The number of aryl methyl sites for hydroxylation is 1. The fraction of sp³-hybridized carbons (Fsp3) is 0.312. The second-order valence-electron chi connectivity index (χ2n) is 5.20. The van der Waals surface area contributed by atoms with Gasteiger partial charge in [0.1, 0.15) is 0 Å². The lowest BCUT2D eigenvalue weighted by Gasteiger charge is -2.40. The van der Waals surface area contributed by atoms with Gasteiger partial charge in [-0.1, -0.05) is 18.2 Å². The molecule has 19 heavy (non-hydrogen) atoms. The van der Waals surface area contributed by atoms with E-state index in [4.69, 9.17) is 0 Å². The Labute approximate surface area is 114 Å². The number of aromatic nitrogens is 1. The van der Waals surface area contributed by atoms with Crippen molar-refractivity contribution < 1.29 is 0 Å². The molecule has 0 spiro atoms. The Bertz CT molecular complexity index is 594. The summed E-state index contributed by atoms with van der Waals surface area (Å²) in [6.07, 6.45) is 1.87. The first kappa shape index (κ1) is 12.0. The van der Waals surface area contributed by atoms with E-state index in [-0.39, 0.29) is 0 Å². The van der Waals surface area contributed by atoms with Gasteiger partial charge in [0.15, 0.2) is 5.82 Å². The van der Waals surface area contributed by atoms with Crippen molar-refractivity contribution in [2.75, 3.05) is 23.4 Å². The number of fused-ring (bicyclic) bond motifs is 1. The highest BCUT2D eigenvalue weighted by atomic mass is 15.3. The number of likely N-dealkylation sites (N-methyl/N-ethyl adjacent to an activating group) is 1. The van der Waals surface area contributed by atoms with Crippen molar-refractivity contribution in [1.29, 1.82) is 0 Å². The Hall–Kier alpha value is -2.03. The third-order valence-corrected chi connectivity index (χ3v) is 3.92. The van der Waals surface area contributed by atoms with Crippen LogP contribution in [0.25, 0.3) is 0 Å². The number of benzene rings is 1. The van der Waals surface area contributed by atoms with E-state index < -0.39 is 0 Å². The van der Waals surface area contributed by atoms with Gasteiger partial charge in [0, 0.05) is 31.5 Å². The maximum Gasteiger partial charge on any atom is 0.156 e. The van der Waals surface area contributed by atoms with Gasteiger partial charge in [-0.05, 0) is 37.6 Å². The predicted molar refractivity (Wildman–Crippen MR) is 80.3 cm³/mol. The van der Waals surface area contributed by atoms with E-state index in [0.29, 0.717) is 6.04 Å². The van der Waals surface area contributed by atoms with Gasteiger partial charge in [-0.2, -0.15) is 0 Å². The average Bonchev–Trinajstić information content (AvgIpc) is 2.44. The zero-order valence-electron chi connectivity index (χ0n) is 11.7. The summed E-state index contributed by atoms with van der Waals surface area (Å²) < 4.78 is 0. The number of anilines is 3. The van der Waals surface area contributed by atoms with E-state index in [0.717, 1.165) is 12.4 Å². The van der Waals surface area contributed by atoms with Crippen LogP contribution in [0.1, 0.15) is 12.5 Å². The minimum Gasteiger partial charge on any atom is -0.367 e. The average molecular weight is 253 g/mol. The van der Waals surface area contributed by atoms with Crippen molar-refractivity contribution >= 4 is 17.2 Å². The molecular weight excluding hydrogens is 234 g/mol. The maximum absolute atomic E-state index is 4.59. The molecule has 0 fully saturated rings. The SMILES string of the molecule is Cc1ccccc1N1C[C@@H](C)N(C)c2cccnc21. The summed E-state index contributed by atoms with van der Waals surface area (Å²) in [7, 11) is 2.14. The van der Waals surface area contributed by atoms with Crippen molar-refractivity contribution in [3.8, 4) is 0 Å². The topological polar surface area (TPSA) is 19.4 Å². The largest absolute Gasteiger partial charge is 0.367 e. The number of para-hydroxylation sites is 1. The van der Waals surface area contributed by atoms with Crippen LogP contribution in [0.5, 0.6) is 0 Å². The molecule has 0 aliphatic carbocycles. The minimum absolute atomic E-state index is 0.469. The van der Waals surface area contributed by atoms with Gasteiger partial charge >= 0.3 is 0 Å². The quantitative estimate of drug-likeness (QED) is 0.776. The lowest BCUT2D eigenvalue weighted by molar-refractivity contribution is 0.654. The second kappa shape index (κ2) is 4.57. The standard InChI is InChI=1S/C16H19N3/c1-12-7-4-5-8-14(12)19-11-13(2)18(3)15-9-6-10-17-16(15)19/h4-10,13H,11H2,1-3H3/t13-/m1/s1. The van der Waals surface area contributed by atoms with Crippen LogP contribution in [0.4, 0.5) is 17.2 Å². The van der Waals surface area contributed by atoms with Gasteiger partial charge < -0.3 is 9.80 Å². The fourth-order valence-corrected chi connectivity index (χ4v) is 2.66.